The molecule has 20 heavy (non-hydrogen) atoms. The third-order valence-electron chi connectivity index (χ3n) is 2.55. The monoisotopic (exact) mass is 287 g/mol. The summed E-state index contributed by atoms with van der Waals surface area (Å²) >= 11 is 0. The second-order valence-electron chi connectivity index (χ2n) is 4.08. The van der Waals surface area contributed by atoms with Crippen molar-refractivity contribution < 1.29 is 22.7 Å². The van der Waals surface area contributed by atoms with Gasteiger partial charge >= 0.3 is 12.1 Å². The van der Waals surface area contributed by atoms with Crippen LogP contribution in [0.15, 0.2) is 24.3 Å². The molecule has 0 atom stereocenters. The molecule has 1 aromatic carbocycles. The number of benzene rings is 1. The molecule has 110 valence electrons. The molecule has 0 amide bonds. The lowest BCUT2D eigenvalue weighted by atomic mass is 10.1. The number of hydrogen-bond donors (Lipinski definition) is 1. The van der Waals surface area contributed by atoms with Crippen LogP contribution in [-0.2, 0) is 15.7 Å². The highest BCUT2D eigenvalue weighted by Crippen LogP contribution is 2.32. The van der Waals surface area contributed by atoms with Crippen LogP contribution in [0.1, 0.15) is 24.5 Å². The molecule has 1 rings (SSSR count). The molecule has 0 aromatic heterocycles. The van der Waals surface area contributed by atoms with Gasteiger partial charge in [0.1, 0.15) is 0 Å². The average Bonchev–Trinajstić information content (AvgIpc) is 2.41. The molecule has 0 heterocycles. The molecule has 6 heteroatoms. The lowest BCUT2D eigenvalue weighted by Gasteiger charge is -2.13. The fraction of sp³-hybridized carbons (Fsp3) is 0.357. The van der Waals surface area contributed by atoms with Gasteiger partial charge in [0.2, 0.25) is 0 Å². The van der Waals surface area contributed by atoms with Crippen molar-refractivity contribution in [2.24, 2.45) is 0 Å². The molecule has 0 bridgehead atoms. The van der Waals surface area contributed by atoms with Crippen LogP contribution in [-0.4, -0.2) is 19.6 Å². The van der Waals surface area contributed by atoms with Crippen molar-refractivity contribution in [3.8, 4) is 0 Å². The minimum absolute atomic E-state index is 0.335. The molecule has 0 aliphatic carbocycles. The second-order valence-corrected chi connectivity index (χ2v) is 4.08. The Hall–Kier alpha value is -1.98. The summed E-state index contributed by atoms with van der Waals surface area (Å²) in [4.78, 5) is 11.0. The van der Waals surface area contributed by atoms with E-state index in [4.69, 9.17) is 0 Å². The van der Waals surface area contributed by atoms with Crippen molar-refractivity contribution in [2.45, 2.75) is 19.5 Å². The number of rotatable bonds is 5. The lowest BCUT2D eigenvalue weighted by molar-refractivity contribution is -0.137. The highest BCUT2D eigenvalue weighted by Gasteiger charge is 2.30. The molecular weight excluding hydrogens is 271 g/mol. The van der Waals surface area contributed by atoms with Crippen LogP contribution in [0, 0.1) is 0 Å². The van der Waals surface area contributed by atoms with E-state index in [1.54, 1.807) is 0 Å². The van der Waals surface area contributed by atoms with Gasteiger partial charge in [0.25, 0.3) is 0 Å². The molecule has 3 nitrogen and oxygen atoms in total. The van der Waals surface area contributed by atoms with Crippen LogP contribution in [0.3, 0.4) is 0 Å². The Labute approximate surface area is 115 Å². The van der Waals surface area contributed by atoms with E-state index in [-0.39, 0.29) is 0 Å². The van der Waals surface area contributed by atoms with Gasteiger partial charge in [-0.05, 0) is 30.2 Å². The van der Waals surface area contributed by atoms with E-state index in [1.165, 1.54) is 25.3 Å². The standard InChI is InChI=1S/C14H16F3NO2/c1-3-8-18-12-9-11(14(15,16)17)6-4-10(12)5-7-13(19)20-2/h4-7,9,18H,3,8H2,1-2H3. The summed E-state index contributed by atoms with van der Waals surface area (Å²) in [6, 6.07) is 3.33. The number of ether oxygens (including phenoxy) is 1. The maximum Gasteiger partial charge on any atom is 0.416 e. The molecule has 0 saturated carbocycles. The summed E-state index contributed by atoms with van der Waals surface area (Å²) in [7, 11) is 1.23. The number of hydrogen-bond acceptors (Lipinski definition) is 3. The highest BCUT2D eigenvalue weighted by atomic mass is 19.4. The molecule has 1 N–H and O–H groups in total. The zero-order valence-corrected chi connectivity index (χ0v) is 11.3. The zero-order chi connectivity index (χ0) is 15.2. The number of alkyl halides is 3. The maximum absolute atomic E-state index is 12.7. The Kier molecular flexibility index (Phi) is 5.61. The zero-order valence-electron chi connectivity index (χ0n) is 11.3. The van der Waals surface area contributed by atoms with Crippen LogP contribution < -0.4 is 5.32 Å². The minimum Gasteiger partial charge on any atom is -0.466 e. The SMILES string of the molecule is CCCNc1cc(C(F)(F)F)ccc1C=CC(=O)OC. The molecule has 1 aromatic rings. The molecule has 0 fully saturated rings. The normalized spacial score (nSPS) is 11.7. The average molecular weight is 287 g/mol. The van der Waals surface area contributed by atoms with Crippen molar-refractivity contribution in [1.29, 1.82) is 0 Å². The molecule has 0 unspecified atom stereocenters. The van der Waals surface area contributed by atoms with Gasteiger partial charge in [-0.3, -0.25) is 0 Å². The summed E-state index contributed by atoms with van der Waals surface area (Å²) < 4.78 is 42.5. The fourth-order valence-electron chi connectivity index (χ4n) is 1.52. The number of carbonyl (C=O) groups is 1. The van der Waals surface area contributed by atoms with Crippen LogP contribution in [0.5, 0.6) is 0 Å². The third kappa shape index (κ3) is 4.60. The molecular formula is C14H16F3NO2. The van der Waals surface area contributed by atoms with Crippen LogP contribution >= 0.6 is 0 Å². The molecule has 0 spiro atoms. The quantitative estimate of drug-likeness (QED) is 0.662. The molecule has 0 saturated heterocycles. The Morgan fingerprint density at radius 2 is 2.10 bits per heavy atom. The van der Waals surface area contributed by atoms with E-state index in [1.807, 2.05) is 6.92 Å². The number of methoxy groups -OCH3 is 1. The summed E-state index contributed by atoms with van der Waals surface area (Å²) in [5.74, 6) is -0.564. The summed E-state index contributed by atoms with van der Waals surface area (Å²) in [5.41, 5.74) is 0.102. The Morgan fingerprint density at radius 3 is 2.65 bits per heavy atom. The number of anilines is 1. The van der Waals surface area contributed by atoms with Crippen molar-refractivity contribution in [1.82, 2.24) is 0 Å². The third-order valence-corrected chi connectivity index (χ3v) is 2.55. The Balaban J connectivity index is 3.09. The van der Waals surface area contributed by atoms with Gasteiger partial charge in [0.15, 0.2) is 0 Å². The topological polar surface area (TPSA) is 38.3 Å². The number of esters is 1. The number of halogens is 3. The van der Waals surface area contributed by atoms with Crippen molar-refractivity contribution >= 4 is 17.7 Å². The number of nitrogens with one attached hydrogen (secondary N) is 1. The van der Waals surface area contributed by atoms with E-state index in [2.05, 4.69) is 10.1 Å². The Bertz CT molecular complexity index is 496. The highest BCUT2D eigenvalue weighted by molar-refractivity contribution is 5.88. The van der Waals surface area contributed by atoms with Crippen molar-refractivity contribution in [3.05, 3.63) is 35.4 Å². The molecule has 0 aliphatic rings. The van der Waals surface area contributed by atoms with E-state index in [9.17, 15) is 18.0 Å². The van der Waals surface area contributed by atoms with Gasteiger partial charge in [-0.1, -0.05) is 13.0 Å². The van der Waals surface area contributed by atoms with Crippen molar-refractivity contribution in [3.63, 3.8) is 0 Å². The predicted octanol–water partition coefficient (Wildman–Crippen LogP) is 3.71. The van der Waals surface area contributed by atoms with E-state index in [0.717, 1.165) is 18.6 Å². The smallest absolute Gasteiger partial charge is 0.416 e. The van der Waals surface area contributed by atoms with Crippen LogP contribution in [0.25, 0.3) is 6.08 Å². The number of carbonyl (C=O) groups excluding carboxylic acids is 1. The first-order valence-electron chi connectivity index (χ1n) is 6.09. The first-order chi connectivity index (χ1) is 9.38. The van der Waals surface area contributed by atoms with Gasteiger partial charge in [-0.2, -0.15) is 13.2 Å². The largest absolute Gasteiger partial charge is 0.466 e. The summed E-state index contributed by atoms with van der Waals surface area (Å²) in [6.07, 6.45) is -1.03. The predicted molar refractivity (Wildman–Crippen MR) is 71.3 cm³/mol. The molecule has 0 aliphatic heterocycles. The minimum atomic E-state index is -4.40. The van der Waals surface area contributed by atoms with Crippen LogP contribution in [0.4, 0.5) is 18.9 Å². The Morgan fingerprint density at radius 1 is 1.40 bits per heavy atom. The van der Waals surface area contributed by atoms with Gasteiger partial charge in [0, 0.05) is 18.3 Å². The van der Waals surface area contributed by atoms with E-state index >= 15 is 0 Å². The maximum atomic E-state index is 12.7. The lowest BCUT2D eigenvalue weighted by Crippen LogP contribution is -2.08. The van der Waals surface area contributed by atoms with Crippen molar-refractivity contribution in [2.75, 3.05) is 19.0 Å². The van der Waals surface area contributed by atoms with Gasteiger partial charge in [-0.15, -0.1) is 0 Å². The first kappa shape index (κ1) is 16.1. The van der Waals surface area contributed by atoms with Gasteiger partial charge < -0.3 is 10.1 Å². The fourth-order valence-corrected chi connectivity index (χ4v) is 1.52. The van der Waals surface area contributed by atoms with E-state index < -0.39 is 17.7 Å². The first-order valence-corrected chi connectivity index (χ1v) is 6.09. The van der Waals surface area contributed by atoms with Gasteiger partial charge in [0.05, 0.1) is 12.7 Å². The summed E-state index contributed by atoms with van der Waals surface area (Å²) in [5, 5.41) is 2.91. The van der Waals surface area contributed by atoms with E-state index in [0.29, 0.717) is 17.8 Å². The summed E-state index contributed by atoms with van der Waals surface area (Å²) in [6.45, 7) is 2.45. The molecule has 0 radical (unpaired) electrons. The van der Waals surface area contributed by atoms with Gasteiger partial charge in [-0.25, -0.2) is 4.79 Å². The van der Waals surface area contributed by atoms with Crippen LogP contribution in [0.2, 0.25) is 0 Å². The second kappa shape index (κ2) is 6.98.